The van der Waals surface area contributed by atoms with Crippen molar-refractivity contribution in [1.82, 2.24) is 4.98 Å². The van der Waals surface area contributed by atoms with Gasteiger partial charge in [0.05, 0.1) is 11.1 Å². The van der Waals surface area contributed by atoms with Gasteiger partial charge in [0, 0.05) is 31.1 Å². The Morgan fingerprint density at radius 1 is 1.14 bits per heavy atom. The van der Waals surface area contributed by atoms with Crippen molar-refractivity contribution in [3.05, 3.63) is 53.2 Å². The van der Waals surface area contributed by atoms with Crippen LogP contribution in [-0.4, -0.2) is 29.0 Å². The molecule has 0 radical (unpaired) electrons. The average molecular weight is 404 g/mol. The van der Waals surface area contributed by atoms with Crippen LogP contribution < -0.4 is 9.64 Å². The topological polar surface area (TPSA) is 42.4 Å². The average Bonchev–Trinajstić information content (AvgIpc) is 2.93. The first-order valence-corrected chi connectivity index (χ1v) is 9.82. The molecule has 2 bridgehead atoms. The summed E-state index contributed by atoms with van der Waals surface area (Å²) in [5.41, 5.74) is 0.859. The number of piperidine rings is 1. The standard InChI is InChI=1S/C22H23F3N2O2/c1-13-3-7-20(19(9-13)14(2)28)29-18-10-16-5-6-17(11-18)27(16)21-8-4-15(12-26-21)22(23,24)25/h3-4,7-9,12,16-18H,5-6,10-11H2,1-2H3/t16-,17+,18?. The van der Waals surface area contributed by atoms with Gasteiger partial charge in [0.1, 0.15) is 17.7 Å². The number of aryl methyl sites for hydroxylation is 1. The highest BCUT2D eigenvalue weighted by molar-refractivity contribution is 5.97. The molecule has 7 heteroatoms. The number of aromatic nitrogens is 1. The Hall–Kier alpha value is -2.57. The van der Waals surface area contributed by atoms with Crippen LogP contribution in [0.3, 0.4) is 0 Å². The van der Waals surface area contributed by atoms with E-state index in [4.69, 9.17) is 4.74 Å². The number of halogens is 3. The number of nitrogens with zero attached hydrogens (tertiary/aromatic N) is 2. The molecule has 1 aromatic carbocycles. The molecule has 0 saturated carbocycles. The molecule has 0 spiro atoms. The first-order chi connectivity index (χ1) is 13.7. The van der Waals surface area contributed by atoms with Crippen molar-refractivity contribution in [3.8, 4) is 5.75 Å². The number of ether oxygens (including phenoxy) is 1. The maximum Gasteiger partial charge on any atom is 0.417 e. The summed E-state index contributed by atoms with van der Waals surface area (Å²) >= 11 is 0. The summed E-state index contributed by atoms with van der Waals surface area (Å²) in [6, 6.07) is 8.52. The van der Waals surface area contributed by atoms with Crippen molar-refractivity contribution in [2.24, 2.45) is 0 Å². The van der Waals surface area contributed by atoms with E-state index < -0.39 is 11.7 Å². The third kappa shape index (κ3) is 3.95. The van der Waals surface area contributed by atoms with E-state index in [1.165, 1.54) is 13.0 Å². The number of hydrogen-bond donors (Lipinski definition) is 0. The minimum atomic E-state index is -4.38. The van der Waals surface area contributed by atoms with Crippen LogP contribution in [-0.2, 0) is 6.18 Å². The maximum atomic E-state index is 12.8. The summed E-state index contributed by atoms with van der Waals surface area (Å²) in [5, 5.41) is 0. The number of carbonyl (C=O) groups excluding carboxylic acids is 1. The van der Waals surface area contributed by atoms with Gasteiger partial charge in [0.2, 0.25) is 0 Å². The second-order valence-electron chi connectivity index (χ2n) is 7.96. The minimum Gasteiger partial charge on any atom is -0.490 e. The fraction of sp³-hybridized carbons (Fsp3) is 0.455. The van der Waals surface area contributed by atoms with Crippen molar-refractivity contribution in [2.45, 2.75) is 63.9 Å². The minimum absolute atomic E-state index is 0.0287. The Morgan fingerprint density at radius 3 is 2.38 bits per heavy atom. The molecule has 2 aliphatic rings. The van der Waals surface area contributed by atoms with Gasteiger partial charge in [-0.2, -0.15) is 13.2 Å². The van der Waals surface area contributed by atoms with E-state index in [0.717, 1.165) is 43.5 Å². The van der Waals surface area contributed by atoms with Crippen LogP contribution in [0.5, 0.6) is 5.75 Å². The van der Waals surface area contributed by atoms with E-state index in [2.05, 4.69) is 9.88 Å². The molecule has 2 aliphatic heterocycles. The van der Waals surface area contributed by atoms with Gasteiger partial charge in [-0.3, -0.25) is 4.79 Å². The molecular formula is C22H23F3N2O2. The number of rotatable bonds is 4. The molecule has 2 aromatic rings. The third-order valence-corrected chi connectivity index (χ3v) is 5.84. The fourth-order valence-corrected chi connectivity index (χ4v) is 4.51. The molecule has 1 aromatic heterocycles. The highest BCUT2D eigenvalue weighted by Gasteiger charge is 2.42. The summed E-state index contributed by atoms with van der Waals surface area (Å²) in [5.74, 6) is 1.16. The van der Waals surface area contributed by atoms with Crippen LogP contribution in [0, 0.1) is 6.92 Å². The largest absolute Gasteiger partial charge is 0.490 e. The number of alkyl halides is 3. The number of Topliss-reactive ketones (excluding diaryl/α,β-unsaturated/α-hetero) is 1. The van der Waals surface area contributed by atoms with Crippen LogP contribution in [0.2, 0.25) is 0 Å². The number of hydrogen-bond acceptors (Lipinski definition) is 4. The molecular weight excluding hydrogens is 381 g/mol. The summed E-state index contributed by atoms with van der Waals surface area (Å²) in [4.78, 5) is 18.2. The molecule has 0 aliphatic carbocycles. The van der Waals surface area contributed by atoms with E-state index in [-0.39, 0.29) is 24.0 Å². The predicted molar refractivity (Wildman–Crippen MR) is 103 cm³/mol. The van der Waals surface area contributed by atoms with Crippen molar-refractivity contribution >= 4 is 11.6 Å². The first kappa shape index (κ1) is 19.7. The molecule has 0 N–H and O–H groups in total. The summed E-state index contributed by atoms with van der Waals surface area (Å²) in [7, 11) is 0. The SMILES string of the molecule is CC(=O)c1cc(C)ccc1OC1C[C@H]2CC[C@@H](C1)N2c1ccc(C(F)(F)F)cn1. The van der Waals surface area contributed by atoms with Crippen molar-refractivity contribution in [1.29, 1.82) is 0 Å². The van der Waals surface area contributed by atoms with Crippen LogP contribution in [0.4, 0.5) is 19.0 Å². The van der Waals surface area contributed by atoms with E-state index in [1.54, 1.807) is 0 Å². The summed E-state index contributed by atoms with van der Waals surface area (Å²) < 4.78 is 44.6. The number of carbonyl (C=O) groups is 1. The summed E-state index contributed by atoms with van der Waals surface area (Å²) in [6.45, 7) is 3.47. The highest BCUT2D eigenvalue weighted by Crippen LogP contribution is 2.40. The molecule has 2 fully saturated rings. The van der Waals surface area contributed by atoms with E-state index in [9.17, 15) is 18.0 Å². The lowest BCUT2D eigenvalue weighted by Gasteiger charge is -2.40. The fourth-order valence-electron chi connectivity index (χ4n) is 4.51. The lowest BCUT2D eigenvalue weighted by atomic mass is 9.99. The Balaban J connectivity index is 1.49. The van der Waals surface area contributed by atoms with Gasteiger partial charge in [0.25, 0.3) is 0 Å². The Bertz CT molecular complexity index is 897. The smallest absolute Gasteiger partial charge is 0.417 e. The lowest BCUT2D eigenvalue weighted by Crippen LogP contribution is -2.47. The van der Waals surface area contributed by atoms with Gasteiger partial charge < -0.3 is 9.64 Å². The van der Waals surface area contributed by atoms with Crippen LogP contribution in [0.1, 0.15) is 54.1 Å². The zero-order valence-corrected chi connectivity index (χ0v) is 16.4. The number of pyridine rings is 1. The molecule has 154 valence electrons. The van der Waals surface area contributed by atoms with Crippen LogP contribution in [0.15, 0.2) is 36.5 Å². The molecule has 4 nitrogen and oxygen atoms in total. The second kappa shape index (κ2) is 7.35. The van der Waals surface area contributed by atoms with Crippen LogP contribution >= 0.6 is 0 Å². The van der Waals surface area contributed by atoms with Gasteiger partial charge in [-0.05, 0) is 51.0 Å². The molecule has 2 saturated heterocycles. The Kier molecular flexibility index (Phi) is 5.00. The number of anilines is 1. The van der Waals surface area contributed by atoms with Crippen molar-refractivity contribution in [3.63, 3.8) is 0 Å². The molecule has 3 atom stereocenters. The van der Waals surface area contributed by atoms with Gasteiger partial charge in [-0.1, -0.05) is 11.6 Å². The molecule has 3 heterocycles. The van der Waals surface area contributed by atoms with Crippen LogP contribution in [0.25, 0.3) is 0 Å². The molecule has 29 heavy (non-hydrogen) atoms. The number of benzene rings is 1. The predicted octanol–water partition coefficient (Wildman–Crippen LogP) is 5.19. The quantitative estimate of drug-likeness (QED) is 0.658. The monoisotopic (exact) mass is 404 g/mol. The van der Waals surface area contributed by atoms with E-state index in [1.807, 2.05) is 25.1 Å². The van der Waals surface area contributed by atoms with Gasteiger partial charge in [-0.15, -0.1) is 0 Å². The highest BCUT2D eigenvalue weighted by atomic mass is 19.4. The normalized spacial score (nSPS) is 23.9. The molecule has 0 amide bonds. The van der Waals surface area contributed by atoms with E-state index in [0.29, 0.717) is 17.1 Å². The Morgan fingerprint density at radius 2 is 1.83 bits per heavy atom. The molecule has 4 rings (SSSR count). The van der Waals surface area contributed by atoms with Gasteiger partial charge in [-0.25, -0.2) is 4.98 Å². The van der Waals surface area contributed by atoms with Gasteiger partial charge >= 0.3 is 6.18 Å². The number of ketones is 1. The second-order valence-corrected chi connectivity index (χ2v) is 7.96. The van der Waals surface area contributed by atoms with Crippen molar-refractivity contribution < 1.29 is 22.7 Å². The third-order valence-electron chi connectivity index (χ3n) is 5.84. The first-order valence-electron chi connectivity index (χ1n) is 9.82. The zero-order valence-electron chi connectivity index (χ0n) is 16.4. The van der Waals surface area contributed by atoms with Gasteiger partial charge in [0.15, 0.2) is 5.78 Å². The summed E-state index contributed by atoms with van der Waals surface area (Å²) in [6.07, 6.45) is -0.0775. The number of fused-ring (bicyclic) bond motifs is 2. The Labute approximate surface area is 167 Å². The van der Waals surface area contributed by atoms with E-state index >= 15 is 0 Å². The zero-order chi connectivity index (χ0) is 20.8. The lowest BCUT2D eigenvalue weighted by molar-refractivity contribution is -0.137. The maximum absolute atomic E-state index is 12.8. The molecule has 1 unspecified atom stereocenters. The van der Waals surface area contributed by atoms with Crippen molar-refractivity contribution in [2.75, 3.05) is 4.90 Å².